The molecule has 1 fully saturated rings. The van der Waals surface area contributed by atoms with Crippen LogP contribution in [0.5, 0.6) is 5.75 Å². The van der Waals surface area contributed by atoms with Crippen LogP contribution in [0.15, 0.2) is 18.2 Å². The number of nitrogens with zero attached hydrogens (tertiary/aromatic N) is 2. The van der Waals surface area contributed by atoms with Gasteiger partial charge >= 0.3 is 0 Å². The van der Waals surface area contributed by atoms with Crippen LogP contribution < -0.4 is 4.74 Å². The number of hydrogen-bond acceptors (Lipinski definition) is 4. The normalized spacial score (nSPS) is 25.1. The van der Waals surface area contributed by atoms with Gasteiger partial charge in [0.05, 0.1) is 25.4 Å². The lowest BCUT2D eigenvalue weighted by molar-refractivity contribution is -0.146. The Balaban J connectivity index is 1.77. The van der Waals surface area contributed by atoms with E-state index in [0.717, 1.165) is 31.8 Å². The van der Waals surface area contributed by atoms with Gasteiger partial charge in [0.1, 0.15) is 5.75 Å². The van der Waals surface area contributed by atoms with E-state index < -0.39 is 0 Å². The second-order valence-electron chi connectivity index (χ2n) is 8.04. The molecule has 2 aliphatic rings. The van der Waals surface area contributed by atoms with Crippen molar-refractivity contribution < 1.29 is 14.3 Å². The van der Waals surface area contributed by atoms with Gasteiger partial charge in [-0.05, 0) is 49.4 Å². The molecule has 0 aliphatic carbocycles. The lowest BCUT2D eigenvalue weighted by Crippen LogP contribution is -2.58. The molecule has 2 heterocycles. The van der Waals surface area contributed by atoms with Gasteiger partial charge in [-0.2, -0.15) is 0 Å². The van der Waals surface area contributed by atoms with Gasteiger partial charge in [0, 0.05) is 26.2 Å². The minimum absolute atomic E-state index is 0.0871. The first kappa shape index (κ1) is 19.2. The third-order valence-corrected chi connectivity index (χ3v) is 5.46. The molecule has 5 heteroatoms. The predicted octanol–water partition coefficient (Wildman–Crippen LogP) is 2.71. The van der Waals surface area contributed by atoms with Crippen LogP contribution in [-0.2, 0) is 22.5 Å². The Morgan fingerprint density at radius 1 is 1.19 bits per heavy atom. The van der Waals surface area contributed by atoms with Crippen molar-refractivity contribution in [2.24, 2.45) is 5.92 Å². The molecule has 0 radical (unpaired) electrons. The zero-order valence-corrected chi connectivity index (χ0v) is 16.7. The standard InChI is InChI=1S/C21H32N2O3/c1-14(2)20(23-11-15(3)26-16(4)12-23)21(24)22-9-8-17-6-7-19(25-5)10-18(17)13-22/h6-7,10,14-16,20H,8-9,11-13H2,1-5H3. The molecular weight excluding hydrogens is 328 g/mol. The van der Waals surface area contributed by atoms with Gasteiger partial charge in [-0.3, -0.25) is 9.69 Å². The largest absolute Gasteiger partial charge is 0.497 e. The fraction of sp³-hybridized carbons (Fsp3) is 0.667. The first-order valence-corrected chi connectivity index (χ1v) is 9.73. The summed E-state index contributed by atoms with van der Waals surface area (Å²) in [7, 11) is 1.68. The molecule has 1 aromatic rings. The Bertz CT molecular complexity index is 636. The monoisotopic (exact) mass is 360 g/mol. The van der Waals surface area contributed by atoms with Gasteiger partial charge in [-0.1, -0.05) is 19.9 Å². The minimum atomic E-state index is -0.0871. The third kappa shape index (κ3) is 4.04. The predicted molar refractivity (Wildman–Crippen MR) is 102 cm³/mol. The van der Waals surface area contributed by atoms with Crippen LogP contribution in [0.1, 0.15) is 38.8 Å². The molecule has 3 atom stereocenters. The summed E-state index contributed by atoms with van der Waals surface area (Å²) in [6.45, 7) is 11.6. The third-order valence-electron chi connectivity index (χ3n) is 5.46. The Labute approximate surface area is 157 Å². The number of hydrogen-bond donors (Lipinski definition) is 0. The van der Waals surface area contributed by atoms with Gasteiger partial charge < -0.3 is 14.4 Å². The number of rotatable bonds is 4. The molecule has 0 saturated carbocycles. The fourth-order valence-corrected chi connectivity index (χ4v) is 4.34. The van der Waals surface area contributed by atoms with Crippen molar-refractivity contribution >= 4 is 5.91 Å². The summed E-state index contributed by atoms with van der Waals surface area (Å²) in [4.78, 5) is 17.8. The lowest BCUT2D eigenvalue weighted by Gasteiger charge is -2.43. The maximum absolute atomic E-state index is 13.4. The number of fused-ring (bicyclic) bond motifs is 1. The topological polar surface area (TPSA) is 42.0 Å². The van der Waals surface area contributed by atoms with E-state index in [1.165, 1.54) is 11.1 Å². The number of ether oxygens (including phenoxy) is 2. The maximum Gasteiger partial charge on any atom is 0.240 e. The average molecular weight is 360 g/mol. The summed E-state index contributed by atoms with van der Waals surface area (Å²) in [6, 6.07) is 6.11. The summed E-state index contributed by atoms with van der Waals surface area (Å²) < 4.78 is 11.2. The second kappa shape index (κ2) is 7.97. The highest BCUT2D eigenvalue weighted by molar-refractivity contribution is 5.82. The van der Waals surface area contributed by atoms with E-state index in [2.05, 4.69) is 44.7 Å². The number of amides is 1. The van der Waals surface area contributed by atoms with Crippen molar-refractivity contribution in [1.82, 2.24) is 9.80 Å². The van der Waals surface area contributed by atoms with E-state index in [0.29, 0.717) is 6.54 Å². The first-order chi connectivity index (χ1) is 12.4. The summed E-state index contributed by atoms with van der Waals surface area (Å²) in [5, 5.41) is 0. The molecule has 0 spiro atoms. The molecular formula is C21H32N2O3. The van der Waals surface area contributed by atoms with Gasteiger partial charge in [-0.15, -0.1) is 0 Å². The molecule has 1 amide bonds. The van der Waals surface area contributed by atoms with Crippen molar-refractivity contribution in [2.75, 3.05) is 26.7 Å². The Kier molecular flexibility index (Phi) is 5.88. The van der Waals surface area contributed by atoms with Crippen molar-refractivity contribution in [3.05, 3.63) is 29.3 Å². The molecule has 144 valence electrons. The van der Waals surface area contributed by atoms with E-state index in [4.69, 9.17) is 9.47 Å². The summed E-state index contributed by atoms with van der Waals surface area (Å²) >= 11 is 0. The van der Waals surface area contributed by atoms with Crippen LogP contribution in [0.3, 0.4) is 0 Å². The highest BCUT2D eigenvalue weighted by Crippen LogP contribution is 2.26. The van der Waals surface area contributed by atoms with Crippen LogP contribution in [0.4, 0.5) is 0 Å². The molecule has 5 nitrogen and oxygen atoms in total. The highest BCUT2D eigenvalue weighted by atomic mass is 16.5. The van der Waals surface area contributed by atoms with E-state index in [1.54, 1.807) is 7.11 Å². The average Bonchev–Trinajstić information content (AvgIpc) is 2.59. The summed E-state index contributed by atoms with van der Waals surface area (Å²) in [6.07, 6.45) is 1.24. The molecule has 26 heavy (non-hydrogen) atoms. The Hall–Kier alpha value is -1.59. The SMILES string of the molecule is COc1ccc2c(c1)CN(C(=O)C(C(C)C)N1CC(C)OC(C)C1)CC2. The highest BCUT2D eigenvalue weighted by Gasteiger charge is 2.37. The second-order valence-corrected chi connectivity index (χ2v) is 8.04. The van der Waals surface area contributed by atoms with Crippen molar-refractivity contribution in [3.8, 4) is 5.75 Å². The van der Waals surface area contributed by atoms with E-state index >= 15 is 0 Å². The first-order valence-electron chi connectivity index (χ1n) is 9.73. The molecule has 0 bridgehead atoms. The maximum atomic E-state index is 13.4. The smallest absolute Gasteiger partial charge is 0.240 e. The van der Waals surface area contributed by atoms with Crippen LogP contribution in [0, 0.1) is 5.92 Å². The summed E-state index contributed by atoms with van der Waals surface area (Å²) in [5.74, 6) is 1.37. The van der Waals surface area contributed by atoms with Gasteiger partial charge in [0.15, 0.2) is 0 Å². The number of carbonyl (C=O) groups excluding carboxylic acids is 1. The van der Waals surface area contributed by atoms with Crippen molar-refractivity contribution in [3.63, 3.8) is 0 Å². The van der Waals surface area contributed by atoms with Crippen LogP contribution >= 0.6 is 0 Å². The number of morpholine rings is 1. The molecule has 0 aromatic heterocycles. The van der Waals surface area contributed by atoms with Crippen LogP contribution in [-0.4, -0.2) is 60.7 Å². The van der Waals surface area contributed by atoms with Crippen molar-refractivity contribution in [2.45, 2.75) is 58.9 Å². The fourth-order valence-electron chi connectivity index (χ4n) is 4.34. The Morgan fingerprint density at radius 2 is 1.88 bits per heavy atom. The molecule has 1 saturated heterocycles. The van der Waals surface area contributed by atoms with Gasteiger partial charge in [0.25, 0.3) is 0 Å². The van der Waals surface area contributed by atoms with Crippen molar-refractivity contribution in [1.29, 1.82) is 0 Å². The molecule has 3 rings (SSSR count). The number of methoxy groups -OCH3 is 1. The van der Waals surface area contributed by atoms with E-state index in [9.17, 15) is 4.79 Å². The quantitative estimate of drug-likeness (QED) is 0.828. The zero-order chi connectivity index (χ0) is 18.8. The Morgan fingerprint density at radius 3 is 2.50 bits per heavy atom. The molecule has 1 aromatic carbocycles. The molecule has 2 aliphatic heterocycles. The molecule has 0 N–H and O–H groups in total. The molecule has 3 unspecified atom stereocenters. The van der Waals surface area contributed by atoms with Gasteiger partial charge in [-0.25, -0.2) is 0 Å². The van der Waals surface area contributed by atoms with Gasteiger partial charge in [0.2, 0.25) is 5.91 Å². The number of benzene rings is 1. The van der Waals surface area contributed by atoms with Crippen LogP contribution in [0.2, 0.25) is 0 Å². The van der Waals surface area contributed by atoms with E-state index in [-0.39, 0.29) is 30.1 Å². The lowest BCUT2D eigenvalue weighted by atomic mass is 9.95. The summed E-state index contributed by atoms with van der Waals surface area (Å²) in [5.41, 5.74) is 2.53. The number of carbonyl (C=O) groups is 1. The van der Waals surface area contributed by atoms with E-state index in [1.807, 2.05) is 11.0 Å². The minimum Gasteiger partial charge on any atom is -0.497 e. The zero-order valence-electron chi connectivity index (χ0n) is 16.7. The van der Waals surface area contributed by atoms with Crippen LogP contribution in [0.25, 0.3) is 0 Å².